The zero-order chi connectivity index (χ0) is 9.90. The molecule has 0 heterocycles. The standard InChI is InChI=1S/C13H20/c1-5-11-7-9-13(3,4)10-8-12(11)6-2/h5-6H,1-2,7-10H2,3-4H3. The van der Waals surface area contributed by atoms with Crippen molar-refractivity contribution in [1.29, 1.82) is 0 Å². The molecule has 0 N–H and O–H groups in total. The first-order valence-electron chi connectivity index (χ1n) is 5.06. The first-order valence-corrected chi connectivity index (χ1v) is 5.06. The van der Waals surface area contributed by atoms with Crippen LogP contribution in [-0.4, -0.2) is 0 Å². The molecular formula is C13H20. The highest BCUT2D eigenvalue weighted by Gasteiger charge is 2.21. The maximum absolute atomic E-state index is 3.87. The Bertz CT molecular complexity index is 217. The summed E-state index contributed by atoms with van der Waals surface area (Å²) in [6, 6.07) is 0. The van der Waals surface area contributed by atoms with E-state index in [0.717, 1.165) is 12.8 Å². The van der Waals surface area contributed by atoms with E-state index in [1.807, 2.05) is 12.2 Å². The van der Waals surface area contributed by atoms with Gasteiger partial charge in [-0.1, -0.05) is 39.2 Å². The highest BCUT2D eigenvalue weighted by molar-refractivity contribution is 5.32. The van der Waals surface area contributed by atoms with Crippen molar-refractivity contribution in [2.24, 2.45) is 5.41 Å². The average molecular weight is 176 g/mol. The minimum Gasteiger partial charge on any atom is -0.0988 e. The van der Waals surface area contributed by atoms with Gasteiger partial charge in [-0.05, 0) is 42.2 Å². The van der Waals surface area contributed by atoms with E-state index in [9.17, 15) is 0 Å². The Labute approximate surface area is 82.0 Å². The van der Waals surface area contributed by atoms with E-state index in [2.05, 4.69) is 27.0 Å². The number of hydrogen-bond donors (Lipinski definition) is 0. The molecule has 1 aliphatic carbocycles. The summed E-state index contributed by atoms with van der Waals surface area (Å²) in [7, 11) is 0. The predicted octanol–water partition coefficient (Wildman–Crippen LogP) is 4.26. The van der Waals surface area contributed by atoms with Crippen molar-refractivity contribution in [2.75, 3.05) is 0 Å². The van der Waals surface area contributed by atoms with Crippen LogP contribution in [0.15, 0.2) is 36.5 Å². The minimum absolute atomic E-state index is 0.485. The zero-order valence-corrected chi connectivity index (χ0v) is 8.90. The SMILES string of the molecule is C=CC1=C(C=C)CCC(C)(C)CC1. The molecule has 0 spiro atoms. The molecule has 0 aliphatic heterocycles. The van der Waals surface area contributed by atoms with Gasteiger partial charge in [0.15, 0.2) is 0 Å². The van der Waals surface area contributed by atoms with E-state index in [1.165, 1.54) is 24.0 Å². The highest BCUT2D eigenvalue weighted by Crippen LogP contribution is 2.36. The second-order valence-electron chi connectivity index (χ2n) is 4.62. The average Bonchev–Trinajstić information content (AvgIpc) is 2.23. The summed E-state index contributed by atoms with van der Waals surface area (Å²) in [5.74, 6) is 0. The first kappa shape index (κ1) is 10.3. The maximum Gasteiger partial charge on any atom is -0.0271 e. The molecular weight excluding hydrogens is 156 g/mol. The Morgan fingerprint density at radius 1 is 1.00 bits per heavy atom. The Balaban J connectivity index is 2.83. The van der Waals surface area contributed by atoms with E-state index in [0.29, 0.717) is 5.41 Å². The zero-order valence-electron chi connectivity index (χ0n) is 8.90. The van der Waals surface area contributed by atoms with Crippen molar-refractivity contribution >= 4 is 0 Å². The molecule has 1 aliphatic rings. The molecule has 0 radical (unpaired) electrons. The number of hydrogen-bond acceptors (Lipinski definition) is 0. The fourth-order valence-electron chi connectivity index (χ4n) is 1.86. The highest BCUT2D eigenvalue weighted by atomic mass is 14.3. The molecule has 0 nitrogen and oxygen atoms in total. The van der Waals surface area contributed by atoms with Crippen LogP contribution in [0.1, 0.15) is 39.5 Å². The van der Waals surface area contributed by atoms with Gasteiger partial charge in [0.1, 0.15) is 0 Å². The summed E-state index contributed by atoms with van der Waals surface area (Å²) in [6.07, 6.45) is 8.86. The monoisotopic (exact) mass is 176 g/mol. The lowest BCUT2D eigenvalue weighted by molar-refractivity contribution is 0.317. The topological polar surface area (TPSA) is 0 Å². The van der Waals surface area contributed by atoms with Gasteiger partial charge in [0.25, 0.3) is 0 Å². The van der Waals surface area contributed by atoms with Crippen LogP contribution >= 0.6 is 0 Å². The summed E-state index contributed by atoms with van der Waals surface area (Å²) >= 11 is 0. The quantitative estimate of drug-likeness (QED) is 0.590. The molecule has 0 unspecified atom stereocenters. The van der Waals surface area contributed by atoms with Gasteiger partial charge in [-0.2, -0.15) is 0 Å². The summed E-state index contributed by atoms with van der Waals surface area (Å²) in [6.45, 7) is 12.4. The molecule has 0 fully saturated rings. The summed E-state index contributed by atoms with van der Waals surface area (Å²) in [5.41, 5.74) is 3.29. The molecule has 1 rings (SSSR count). The number of allylic oxidation sites excluding steroid dienone is 4. The molecule has 13 heavy (non-hydrogen) atoms. The van der Waals surface area contributed by atoms with E-state index in [4.69, 9.17) is 0 Å². The Morgan fingerprint density at radius 2 is 1.38 bits per heavy atom. The molecule has 0 aromatic rings. The summed E-state index contributed by atoms with van der Waals surface area (Å²) in [5, 5.41) is 0. The normalized spacial score (nSPS) is 22.3. The second-order valence-corrected chi connectivity index (χ2v) is 4.62. The fraction of sp³-hybridized carbons (Fsp3) is 0.538. The van der Waals surface area contributed by atoms with Crippen LogP contribution in [0.3, 0.4) is 0 Å². The van der Waals surface area contributed by atoms with Crippen LogP contribution in [0.5, 0.6) is 0 Å². The van der Waals surface area contributed by atoms with Gasteiger partial charge in [-0.15, -0.1) is 0 Å². The van der Waals surface area contributed by atoms with Crippen molar-refractivity contribution in [1.82, 2.24) is 0 Å². The summed E-state index contributed by atoms with van der Waals surface area (Å²) in [4.78, 5) is 0. The lowest BCUT2D eigenvalue weighted by Crippen LogP contribution is -2.08. The molecule has 72 valence electrons. The third-order valence-electron chi connectivity index (χ3n) is 3.05. The van der Waals surface area contributed by atoms with Crippen molar-refractivity contribution in [3.05, 3.63) is 36.5 Å². The molecule has 0 bridgehead atoms. The van der Waals surface area contributed by atoms with Gasteiger partial charge in [0.05, 0.1) is 0 Å². The lowest BCUT2D eigenvalue weighted by Gasteiger charge is -2.21. The fourth-order valence-corrected chi connectivity index (χ4v) is 1.86. The molecule has 0 aromatic heterocycles. The van der Waals surface area contributed by atoms with Crippen LogP contribution in [-0.2, 0) is 0 Å². The third kappa shape index (κ3) is 2.58. The molecule has 0 saturated carbocycles. The summed E-state index contributed by atoms with van der Waals surface area (Å²) < 4.78 is 0. The van der Waals surface area contributed by atoms with Crippen molar-refractivity contribution < 1.29 is 0 Å². The van der Waals surface area contributed by atoms with Gasteiger partial charge in [0, 0.05) is 0 Å². The van der Waals surface area contributed by atoms with E-state index >= 15 is 0 Å². The Morgan fingerprint density at radius 3 is 1.69 bits per heavy atom. The molecule has 0 heteroatoms. The van der Waals surface area contributed by atoms with E-state index < -0.39 is 0 Å². The van der Waals surface area contributed by atoms with Crippen molar-refractivity contribution in [3.63, 3.8) is 0 Å². The minimum atomic E-state index is 0.485. The second kappa shape index (κ2) is 3.95. The Kier molecular flexibility index (Phi) is 3.13. The van der Waals surface area contributed by atoms with Crippen LogP contribution in [0.4, 0.5) is 0 Å². The van der Waals surface area contributed by atoms with E-state index in [-0.39, 0.29) is 0 Å². The van der Waals surface area contributed by atoms with Gasteiger partial charge < -0.3 is 0 Å². The first-order chi connectivity index (χ1) is 6.09. The molecule has 0 atom stereocenters. The van der Waals surface area contributed by atoms with Crippen molar-refractivity contribution in [3.8, 4) is 0 Å². The van der Waals surface area contributed by atoms with Gasteiger partial charge in [-0.3, -0.25) is 0 Å². The Hall–Kier alpha value is -0.780. The van der Waals surface area contributed by atoms with Gasteiger partial charge in [-0.25, -0.2) is 0 Å². The largest absolute Gasteiger partial charge is 0.0988 e. The van der Waals surface area contributed by atoms with Gasteiger partial charge >= 0.3 is 0 Å². The van der Waals surface area contributed by atoms with Crippen LogP contribution in [0.2, 0.25) is 0 Å². The van der Waals surface area contributed by atoms with Gasteiger partial charge in [0.2, 0.25) is 0 Å². The van der Waals surface area contributed by atoms with Crippen molar-refractivity contribution in [2.45, 2.75) is 39.5 Å². The lowest BCUT2D eigenvalue weighted by atomic mass is 9.84. The van der Waals surface area contributed by atoms with Crippen LogP contribution < -0.4 is 0 Å². The molecule has 0 amide bonds. The molecule has 0 aromatic carbocycles. The maximum atomic E-state index is 3.87. The van der Waals surface area contributed by atoms with Crippen LogP contribution in [0, 0.1) is 5.41 Å². The smallest absolute Gasteiger partial charge is 0.0271 e. The van der Waals surface area contributed by atoms with Crippen LogP contribution in [0.25, 0.3) is 0 Å². The molecule has 0 saturated heterocycles. The van der Waals surface area contributed by atoms with E-state index in [1.54, 1.807) is 0 Å². The third-order valence-corrected chi connectivity index (χ3v) is 3.05. The predicted molar refractivity (Wildman–Crippen MR) is 59.7 cm³/mol. The number of rotatable bonds is 2.